The fourth-order valence-corrected chi connectivity index (χ4v) is 4.48. The number of aliphatic carboxylic acids is 2. The predicted molar refractivity (Wildman–Crippen MR) is 103 cm³/mol. The van der Waals surface area contributed by atoms with Crippen molar-refractivity contribution in [2.24, 2.45) is 0 Å². The average Bonchev–Trinajstić information content (AvgIpc) is 2.62. The zero-order valence-electron chi connectivity index (χ0n) is 14.9. The zero-order valence-corrected chi connectivity index (χ0v) is 15.8. The van der Waals surface area contributed by atoms with Gasteiger partial charge in [-0.25, -0.2) is 5.09 Å². The molecular weight excluding hydrogens is 369 g/mol. The molecule has 0 fully saturated rings. The third kappa shape index (κ3) is 6.79. The van der Waals surface area contributed by atoms with Gasteiger partial charge >= 0.3 is 11.9 Å². The molecule has 146 valence electrons. The van der Waals surface area contributed by atoms with Crippen LogP contribution in [0.3, 0.4) is 0 Å². The molecule has 0 aliphatic carbocycles. The third-order valence-electron chi connectivity index (χ3n) is 4.34. The Balaban J connectivity index is 1.86. The number of hydrogen-bond donors (Lipinski definition) is 4. The Kier molecular flexibility index (Phi) is 7.54. The number of fused-ring (bicyclic) bond motifs is 1. The molecule has 0 aliphatic rings. The first-order valence-corrected chi connectivity index (χ1v) is 10.6. The first-order valence-electron chi connectivity index (χ1n) is 8.79. The van der Waals surface area contributed by atoms with Gasteiger partial charge in [-0.2, -0.15) is 0 Å². The Morgan fingerprint density at radius 1 is 1.04 bits per heavy atom. The maximum absolute atomic E-state index is 12.2. The second-order valence-corrected chi connectivity index (χ2v) is 8.58. The van der Waals surface area contributed by atoms with E-state index >= 15 is 0 Å². The van der Waals surface area contributed by atoms with Crippen LogP contribution in [0, 0.1) is 0 Å². The van der Waals surface area contributed by atoms with Crippen LogP contribution < -0.4 is 5.09 Å². The lowest BCUT2D eigenvalue weighted by Gasteiger charge is -2.18. The smallest absolute Gasteiger partial charge is 0.321 e. The van der Waals surface area contributed by atoms with Crippen LogP contribution in [0.25, 0.3) is 10.8 Å². The Hall–Kier alpha value is -2.21. The molecule has 2 aromatic rings. The van der Waals surface area contributed by atoms with Crippen molar-refractivity contribution in [2.45, 2.75) is 38.1 Å². The predicted octanol–water partition coefficient (Wildman–Crippen LogP) is 3.26. The van der Waals surface area contributed by atoms with Crippen molar-refractivity contribution in [1.29, 1.82) is 0 Å². The first-order chi connectivity index (χ1) is 12.8. The van der Waals surface area contributed by atoms with Crippen LogP contribution in [0.15, 0.2) is 42.5 Å². The molecule has 27 heavy (non-hydrogen) atoms. The van der Waals surface area contributed by atoms with E-state index in [2.05, 4.69) is 5.09 Å². The highest BCUT2D eigenvalue weighted by atomic mass is 31.2. The van der Waals surface area contributed by atoms with Crippen LogP contribution in [0.5, 0.6) is 0 Å². The summed E-state index contributed by atoms with van der Waals surface area (Å²) in [4.78, 5) is 31.7. The van der Waals surface area contributed by atoms with E-state index in [1.54, 1.807) is 0 Å². The van der Waals surface area contributed by atoms with Gasteiger partial charge in [0.25, 0.3) is 7.52 Å². The van der Waals surface area contributed by atoms with Gasteiger partial charge in [0.2, 0.25) is 0 Å². The van der Waals surface area contributed by atoms with Crippen molar-refractivity contribution in [3.63, 3.8) is 0 Å². The monoisotopic (exact) mass is 393 g/mol. The Morgan fingerprint density at radius 3 is 2.44 bits per heavy atom. The van der Waals surface area contributed by atoms with E-state index in [9.17, 15) is 19.0 Å². The molecule has 7 nitrogen and oxygen atoms in total. The quantitative estimate of drug-likeness (QED) is 0.341. The van der Waals surface area contributed by atoms with Gasteiger partial charge in [-0.05, 0) is 42.0 Å². The fraction of sp³-hybridized carbons (Fsp3) is 0.368. The van der Waals surface area contributed by atoms with Crippen molar-refractivity contribution in [3.8, 4) is 0 Å². The molecule has 0 bridgehead atoms. The van der Waals surface area contributed by atoms with E-state index in [1.165, 1.54) is 5.56 Å². The van der Waals surface area contributed by atoms with E-state index in [4.69, 9.17) is 10.2 Å². The molecule has 0 aromatic heterocycles. The normalized spacial score (nSPS) is 14.6. The minimum Gasteiger partial charge on any atom is -0.481 e. The molecule has 2 rings (SSSR count). The van der Waals surface area contributed by atoms with Gasteiger partial charge in [0.15, 0.2) is 0 Å². The van der Waals surface area contributed by atoms with E-state index in [0.717, 1.165) is 17.2 Å². The van der Waals surface area contributed by atoms with Crippen LogP contribution in [-0.2, 0) is 20.6 Å². The van der Waals surface area contributed by atoms with Crippen LogP contribution in [0.1, 0.15) is 31.2 Å². The number of nitrogens with one attached hydrogen (secondary N) is 1. The maximum atomic E-state index is 12.2. The molecule has 0 saturated carbocycles. The highest BCUT2D eigenvalue weighted by Crippen LogP contribution is 2.38. The summed E-state index contributed by atoms with van der Waals surface area (Å²) in [6.07, 6.45) is 1.20. The number of rotatable bonds is 11. The lowest BCUT2D eigenvalue weighted by atomic mass is 10.0. The molecule has 2 aromatic carbocycles. The molecule has 0 heterocycles. The Labute approximate surface area is 157 Å². The zero-order chi connectivity index (χ0) is 19.9. The lowest BCUT2D eigenvalue weighted by Crippen LogP contribution is -2.35. The average molecular weight is 393 g/mol. The van der Waals surface area contributed by atoms with Crippen LogP contribution >= 0.6 is 7.52 Å². The van der Waals surface area contributed by atoms with E-state index in [0.29, 0.717) is 12.8 Å². The summed E-state index contributed by atoms with van der Waals surface area (Å²) < 4.78 is 12.2. The second kappa shape index (κ2) is 9.65. The summed E-state index contributed by atoms with van der Waals surface area (Å²) in [5.41, 5.74) is 1.17. The molecule has 0 saturated heterocycles. The molecular formula is C19H24NO6P. The minimum absolute atomic E-state index is 0.0609. The standard InChI is InChI=1S/C19H24NO6P/c21-18(22)12-11-17(19(23)24)20-27(25,26)13-4-3-7-15-9-5-8-14-6-1-2-10-16(14)15/h1-2,5-6,8-10,17H,3-4,7,11-13H2,(H,21,22)(H,23,24)(H2,20,25,26). The van der Waals surface area contributed by atoms with Crippen molar-refractivity contribution < 1.29 is 29.3 Å². The summed E-state index contributed by atoms with van der Waals surface area (Å²) in [5.74, 6) is -2.48. The van der Waals surface area contributed by atoms with Crippen molar-refractivity contribution >= 4 is 30.2 Å². The number of carboxylic acids is 2. The number of carboxylic acid groups (broad SMARTS) is 2. The van der Waals surface area contributed by atoms with Crippen LogP contribution in [-0.4, -0.2) is 39.2 Å². The van der Waals surface area contributed by atoms with Gasteiger partial charge < -0.3 is 15.1 Å². The molecule has 2 atom stereocenters. The Morgan fingerprint density at radius 2 is 1.74 bits per heavy atom. The van der Waals surface area contributed by atoms with E-state index in [1.807, 2.05) is 42.5 Å². The molecule has 0 spiro atoms. The summed E-state index contributed by atoms with van der Waals surface area (Å²) in [7, 11) is -3.86. The largest absolute Gasteiger partial charge is 0.481 e. The summed E-state index contributed by atoms with van der Waals surface area (Å²) in [5, 5.41) is 22.3. The first kappa shape index (κ1) is 21.1. The van der Waals surface area contributed by atoms with Crippen molar-refractivity contribution in [1.82, 2.24) is 5.09 Å². The molecule has 0 aliphatic heterocycles. The lowest BCUT2D eigenvalue weighted by molar-refractivity contribution is -0.140. The van der Waals surface area contributed by atoms with Crippen molar-refractivity contribution in [3.05, 3.63) is 48.0 Å². The van der Waals surface area contributed by atoms with Gasteiger partial charge in [0.1, 0.15) is 6.04 Å². The fourth-order valence-electron chi connectivity index (χ4n) is 2.97. The summed E-state index contributed by atoms with van der Waals surface area (Å²) in [6.45, 7) is 0. The number of benzene rings is 2. The Bertz CT molecular complexity index is 848. The SMILES string of the molecule is O=C(O)CCC(NP(=O)(O)CCCCc1cccc2ccccc12)C(=O)O. The van der Waals surface area contributed by atoms with Gasteiger partial charge in [-0.1, -0.05) is 42.5 Å². The highest BCUT2D eigenvalue weighted by Gasteiger charge is 2.27. The van der Waals surface area contributed by atoms with E-state index in [-0.39, 0.29) is 19.0 Å². The summed E-state index contributed by atoms with van der Waals surface area (Å²) >= 11 is 0. The third-order valence-corrected chi connectivity index (χ3v) is 5.98. The summed E-state index contributed by atoms with van der Waals surface area (Å²) in [6, 6.07) is 12.7. The highest BCUT2D eigenvalue weighted by molar-refractivity contribution is 7.55. The van der Waals surface area contributed by atoms with Gasteiger partial charge in [-0.15, -0.1) is 0 Å². The maximum Gasteiger partial charge on any atom is 0.321 e. The number of hydrogen-bond acceptors (Lipinski definition) is 3. The number of aryl methyl sites for hydroxylation is 1. The van der Waals surface area contributed by atoms with E-state index < -0.39 is 25.5 Å². The van der Waals surface area contributed by atoms with Crippen molar-refractivity contribution in [2.75, 3.05) is 6.16 Å². The molecule has 4 N–H and O–H groups in total. The molecule has 8 heteroatoms. The number of carbonyl (C=O) groups is 2. The topological polar surface area (TPSA) is 124 Å². The van der Waals surface area contributed by atoms with Gasteiger partial charge in [-0.3, -0.25) is 14.2 Å². The second-order valence-electron chi connectivity index (χ2n) is 6.47. The molecule has 2 unspecified atom stereocenters. The molecule has 0 amide bonds. The minimum atomic E-state index is -3.86. The molecule has 0 radical (unpaired) electrons. The number of unbranched alkanes of at least 4 members (excludes halogenated alkanes) is 1. The van der Waals surface area contributed by atoms with Gasteiger partial charge in [0.05, 0.1) is 0 Å². The van der Waals surface area contributed by atoms with Crippen LogP contribution in [0.4, 0.5) is 0 Å². The van der Waals surface area contributed by atoms with Gasteiger partial charge in [0, 0.05) is 12.6 Å². The van der Waals surface area contributed by atoms with Crippen LogP contribution in [0.2, 0.25) is 0 Å².